The van der Waals surface area contributed by atoms with Crippen LogP contribution in [-0.2, 0) is 0 Å². The van der Waals surface area contributed by atoms with E-state index in [0.29, 0.717) is 5.41 Å². The summed E-state index contributed by atoms with van der Waals surface area (Å²) in [6, 6.07) is 0. The Bertz CT molecular complexity index is 266. The van der Waals surface area contributed by atoms with Gasteiger partial charge in [0.15, 0.2) is 5.96 Å². The van der Waals surface area contributed by atoms with Gasteiger partial charge < -0.3 is 15.1 Å². The molecule has 1 aliphatic rings. The van der Waals surface area contributed by atoms with Gasteiger partial charge in [0.1, 0.15) is 0 Å². The molecule has 1 aliphatic heterocycles. The van der Waals surface area contributed by atoms with Crippen molar-refractivity contribution >= 4 is 29.9 Å². The van der Waals surface area contributed by atoms with Gasteiger partial charge in [-0.3, -0.25) is 4.99 Å². The highest BCUT2D eigenvalue weighted by Crippen LogP contribution is 2.28. The zero-order valence-electron chi connectivity index (χ0n) is 12.5. The van der Waals surface area contributed by atoms with Gasteiger partial charge in [-0.15, -0.1) is 24.0 Å². The smallest absolute Gasteiger partial charge is 0.193 e. The molecule has 1 rings (SSSR count). The minimum Gasteiger partial charge on any atom is -0.355 e. The fraction of sp³-hybridized carbons (Fsp3) is 0.923. The fourth-order valence-electron chi connectivity index (χ4n) is 2.14. The average Bonchev–Trinajstić information content (AvgIpc) is 2.64. The lowest BCUT2D eigenvalue weighted by Crippen LogP contribution is -2.43. The van der Waals surface area contributed by atoms with E-state index < -0.39 is 0 Å². The molecular weight excluding hydrogens is 339 g/mol. The van der Waals surface area contributed by atoms with Crippen LogP contribution in [0.3, 0.4) is 0 Å². The molecule has 0 aromatic rings. The van der Waals surface area contributed by atoms with Crippen LogP contribution in [0.2, 0.25) is 0 Å². The number of likely N-dealkylation sites (N-methyl/N-ethyl adjacent to an activating group) is 1. The van der Waals surface area contributed by atoms with Gasteiger partial charge in [0.25, 0.3) is 0 Å². The fourth-order valence-corrected chi connectivity index (χ4v) is 2.14. The Labute approximate surface area is 129 Å². The van der Waals surface area contributed by atoms with Crippen LogP contribution in [0.1, 0.15) is 27.2 Å². The average molecular weight is 368 g/mol. The van der Waals surface area contributed by atoms with Crippen LogP contribution in [0.4, 0.5) is 0 Å². The van der Waals surface area contributed by atoms with Crippen molar-refractivity contribution in [2.45, 2.75) is 27.2 Å². The Morgan fingerprint density at radius 1 is 1.44 bits per heavy atom. The molecule has 108 valence electrons. The minimum absolute atomic E-state index is 0. The minimum atomic E-state index is 0. The third kappa shape index (κ3) is 5.73. The third-order valence-corrected chi connectivity index (χ3v) is 3.51. The summed E-state index contributed by atoms with van der Waals surface area (Å²) in [4.78, 5) is 9.04. The Morgan fingerprint density at radius 3 is 2.56 bits per heavy atom. The second-order valence-corrected chi connectivity index (χ2v) is 5.71. The van der Waals surface area contributed by atoms with Crippen molar-refractivity contribution in [1.29, 1.82) is 0 Å². The van der Waals surface area contributed by atoms with Gasteiger partial charge in [-0.25, -0.2) is 0 Å². The first kappa shape index (κ1) is 18.0. The summed E-state index contributed by atoms with van der Waals surface area (Å²) in [5.74, 6) is 1.06. The summed E-state index contributed by atoms with van der Waals surface area (Å²) >= 11 is 0. The van der Waals surface area contributed by atoms with Crippen LogP contribution in [0.15, 0.2) is 4.99 Å². The zero-order valence-corrected chi connectivity index (χ0v) is 14.8. The molecule has 0 unspecified atom stereocenters. The van der Waals surface area contributed by atoms with E-state index >= 15 is 0 Å². The molecule has 0 radical (unpaired) electrons. The molecule has 0 atom stereocenters. The maximum atomic E-state index is 4.37. The number of aliphatic imine (C=N–C) groups is 1. The summed E-state index contributed by atoms with van der Waals surface area (Å²) in [7, 11) is 4.01. The highest BCUT2D eigenvalue weighted by atomic mass is 127. The molecule has 5 heteroatoms. The second-order valence-electron chi connectivity index (χ2n) is 5.71. The number of nitrogens with zero attached hydrogens (tertiary/aromatic N) is 3. The Hall–Kier alpha value is -0.0400. The molecule has 0 spiro atoms. The van der Waals surface area contributed by atoms with E-state index in [4.69, 9.17) is 0 Å². The molecule has 0 amide bonds. The van der Waals surface area contributed by atoms with Crippen molar-refractivity contribution < 1.29 is 0 Å². The Balaban J connectivity index is 0.00000289. The van der Waals surface area contributed by atoms with Crippen LogP contribution in [0.5, 0.6) is 0 Å². The number of rotatable bonds is 4. The summed E-state index contributed by atoms with van der Waals surface area (Å²) in [5.41, 5.74) is 0.428. The second kappa shape index (κ2) is 8.19. The van der Waals surface area contributed by atoms with Crippen molar-refractivity contribution in [3.05, 3.63) is 0 Å². The van der Waals surface area contributed by atoms with E-state index in [2.05, 4.69) is 47.9 Å². The van der Waals surface area contributed by atoms with E-state index in [9.17, 15) is 0 Å². The van der Waals surface area contributed by atoms with Gasteiger partial charge >= 0.3 is 0 Å². The van der Waals surface area contributed by atoms with Crippen LogP contribution in [0, 0.1) is 5.41 Å². The summed E-state index contributed by atoms with van der Waals surface area (Å²) in [6.07, 6.45) is 1.25. The molecule has 1 heterocycles. The first-order valence-electron chi connectivity index (χ1n) is 6.62. The van der Waals surface area contributed by atoms with Crippen molar-refractivity contribution in [2.24, 2.45) is 10.4 Å². The van der Waals surface area contributed by atoms with E-state index in [0.717, 1.165) is 38.7 Å². The number of hydrogen-bond donors (Lipinski definition) is 1. The maximum Gasteiger partial charge on any atom is 0.193 e. The van der Waals surface area contributed by atoms with Crippen molar-refractivity contribution in [3.8, 4) is 0 Å². The third-order valence-electron chi connectivity index (χ3n) is 3.51. The van der Waals surface area contributed by atoms with E-state index in [1.54, 1.807) is 0 Å². The van der Waals surface area contributed by atoms with Gasteiger partial charge in [0.05, 0.1) is 0 Å². The normalized spacial score (nSPS) is 19.0. The number of hydrogen-bond acceptors (Lipinski definition) is 2. The van der Waals surface area contributed by atoms with Crippen LogP contribution in [-0.4, -0.2) is 62.6 Å². The largest absolute Gasteiger partial charge is 0.355 e. The molecule has 18 heavy (non-hydrogen) atoms. The molecule has 0 saturated carbocycles. The zero-order chi connectivity index (χ0) is 12.9. The van der Waals surface area contributed by atoms with E-state index in [1.165, 1.54) is 6.42 Å². The van der Waals surface area contributed by atoms with Gasteiger partial charge in [-0.1, -0.05) is 20.8 Å². The Kier molecular flexibility index (Phi) is 8.18. The molecule has 1 saturated heterocycles. The molecule has 1 fully saturated rings. The van der Waals surface area contributed by atoms with Gasteiger partial charge in [0.2, 0.25) is 0 Å². The molecule has 4 nitrogen and oxygen atoms in total. The molecular formula is C13H29IN4. The first-order chi connectivity index (χ1) is 7.98. The van der Waals surface area contributed by atoms with Crippen LogP contribution >= 0.6 is 24.0 Å². The predicted molar refractivity (Wildman–Crippen MR) is 89.9 cm³/mol. The lowest BCUT2D eigenvalue weighted by Gasteiger charge is -2.24. The lowest BCUT2D eigenvalue weighted by atomic mass is 9.93. The summed E-state index contributed by atoms with van der Waals surface area (Å²) in [6.45, 7) is 12.2. The molecule has 0 aromatic heterocycles. The van der Waals surface area contributed by atoms with Crippen molar-refractivity contribution in [2.75, 3.05) is 46.8 Å². The first-order valence-corrected chi connectivity index (χ1v) is 6.62. The monoisotopic (exact) mass is 368 g/mol. The SMILES string of the molecule is CCN(C)CCNC(=NC)N1CCC(C)(C)C1.I. The van der Waals surface area contributed by atoms with Crippen LogP contribution < -0.4 is 5.32 Å². The van der Waals surface area contributed by atoms with Crippen LogP contribution in [0.25, 0.3) is 0 Å². The highest BCUT2D eigenvalue weighted by molar-refractivity contribution is 14.0. The number of halogens is 1. The van der Waals surface area contributed by atoms with Gasteiger partial charge in [0, 0.05) is 33.2 Å². The number of nitrogens with one attached hydrogen (secondary N) is 1. The van der Waals surface area contributed by atoms with Gasteiger partial charge in [-0.2, -0.15) is 0 Å². The van der Waals surface area contributed by atoms with Crippen molar-refractivity contribution in [1.82, 2.24) is 15.1 Å². The molecule has 0 aromatic carbocycles. The topological polar surface area (TPSA) is 30.9 Å². The number of likely N-dealkylation sites (tertiary alicyclic amines) is 1. The summed E-state index contributed by atoms with van der Waals surface area (Å²) < 4.78 is 0. The quantitative estimate of drug-likeness (QED) is 0.467. The predicted octanol–water partition coefficient (Wildman–Crippen LogP) is 1.86. The van der Waals surface area contributed by atoms with Crippen molar-refractivity contribution in [3.63, 3.8) is 0 Å². The van der Waals surface area contributed by atoms with E-state index in [-0.39, 0.29) is 24.0 Å². The standard InChI is InChI=1S/C13H28N4.HI/c1-6-16(5)10-8-15-12(14-4)17-9-7-13(2,3)11-17;/h6-11H2,1-5H3,(H,14,15);1H. The molecule has 0 bridgehead atoms. The van der Waals surface area contributed by atoms with E-state index in [1.807, 2.05) is 7.05 Å². The molecule has 0 aliphatic carbocycles. The molecule has 1 N–H and O–H groups in total. The maximum absolute atomic E-state index is 4.37. The lowest BCUT2D eigenvalue weighted by molar-refractivity contribution is 0.348. The van der Waals surface area contributed by atoms with Gasteiger partial charge in [-0.05, 0) is 25.4 Å². The summed E-state index contributed by atoms with van der Waals surface area (Å²) in [5, 5.41) is 3.45. The number of guanidine groups is 1. The highest BCUT2D eigenvalue weighted by Gasteiger charge is 2.30. The Morgan fingerprint density at radius 2 is 2.11 bits per heavy atom.